The van der Waals surface area contributed by atoms with Crippen molar-refractivity contribution in [3.8, 4) is 0 Å². The zero-order valence-corrected chi connectivity index (χ0v) is 7.06. The van der Waals surface area contributed by atoms with Crippen LogP contribution in [0.1, 0.15) is 6.92 Å². The van der Waals surface area contributed by atoms with Crippen molar-refractivity contribution < 1.29 is 9.53 Å². The molecular weight excluding hydrogens is 184 g/mol. The van der Waals surface area contributed by atoms with Crippen LogP contribution in [0.25, 0.3) is 0 Å². The first kappa shape index (κ1) is 8.69. The molecule has 0 atom stereocenters. The normalized spacial score (nSPS) is 11.2. The van der Waals surface area contributed by atoms with Gasteiger partial charge in [0.2, 0.25) is 0 Å². The van der Waals surface area contributed by atoms with Crippen molar-refractivity contribution in [2.45, 2.75) is 6.92 Å². The van der Waals surface area contributed by atoms with E-state index >= 15 is 0 Å². The summed E-state index contributed by atoms with van der Waals surface area (Å²) in [5.41, 5.74) is 0. The first-order chi connectivity index (χ1) is 4.20. The minimum Gasteiger partial charge on any atom is -0.500 e. The molecule has 0 saturated heterocycles. The third-order valence-electron chi connectivity index (χ3n) is 0.758. The Labute approximate surface area is 63.0 Å². The van der Waals surface area contributed by atoms with Crippen LogP contribution < -0.4 is 0 Å². The molecular formula is C6H9BrO2. The van der Waals surface area contributed by atoms with Crippen LogP contribution in [0.15, 0.2) is 11.8 Å². The third-order valence-corrected chi connectivity index (χ3v) is 1.31. The van der Waals surface area contributed by atoms with E-state index in [0.717, 1.165) is 0 Å². The Balaban J connectivity index is 3.91. The molecule has 0 bridgehead atoms. The van der Waals surface area contributed by atoms with Crippen LogP contribution in [0, 0.1) is 0 Å². The number of hydrogen-bond acceptors (Lipinski definition) is 2. The zero-order valence-electron chi connectivity index (χ0n) is 5.48. The van der Waals surface area contributed by atoms with Crippen molar-refractivity contribution in [2.24, 2.45) is 0 Å². The Kier molecular flexibility index (Phi) is 4.40. The summed E-state index contributed by atoms with van der Waals surface area (Å²) in [4.78, 5) is 10.4. The van der Waals surface area contributed by atoms with Crippen molar-refractivity contribution in [3.05, 3.63) is 11.8 Å². The van der Waals surface area contributed by atoms with Crippen LogP contribution in [0.5, 0.6) is 0 Å². The quantitative estimate of drug-likeness (QED) is 0.385. The van der Waals surface area contributed by atoms with E-state index in [0.29, 0.717) is 11.1 Å². The van der Waals surface area contributed by atoms with Crippen LogP contribution in [0.2, 0.25) is 0 Å². The third kappa shape index (κ3) is 4.21. The average Bonchev–Trinajstić information content (AvgIpc) is 1.82. The molecule has 0 amide bonds. The van der Waals surface area contributed by atoms with Gasteiger partial charge in [-0.05, 0) is 6.92 Å². The number of halogens is 1. The molecule has 0 aromatic heterocycles. The Hall–Kier alpha value is -0.310. The Morgan fingerprint density at radius 1 is 1.78 bits per heavy atom. The first-order valence-electron chi connectivity index (χ1n) is 2.51. The van der Waals surface area contributed by atoms with Crippen LogP contribution in [-0.4, -0.2) is 18.2 Å². The molecule has 9 heavy (non-hydrogen) atoms. The van der Waals surface area contributed by atoms with Gasteiger partial charge in [0.15, 0.2) is 5.78 Å². The minimum atomic E-state index is 0.00583. The lowest BCUT2D eigenvalue weighted by Crippen LogP contribution is -1.92. The van der Waals surface area contributed by atoms with Crippen molar-refractivity contribution in [1.82, 2.24) is 0 Å². The number of rotatable bonds is 3. The van der Waals surface area contributed by atoms with E-state index < -0.39 is 0 Å². The summed E-state index contributed by atoms with van der Waals surface area (Å²) in [6.45, 7) is 1.49. The van der Waals surface area contributed by atoms with Gasteiger partial charge in [-0.1, -0.05) is 15.9 Å². The second-order valence-corrected chi connectivity index (χ2v) is 2.12. The van der Waals surface area contributed by atoms with Crippen molar-refractivity contribution in [3.63, 3.8) is 0 Å². The zero-order chi connectivity index (χ0) is 7.28. The van der Waals surface area contributed by atoms with E-state index in [-0.39, 0.29) is 5.78 Å². The number of carbonyl (C=O) groups is 1. The summed E-state index contributed by atoms with van der Waals surface area (Å²) in [6.07, 6.45) is 1.45. The summed E-state index contributed by atoms with van der Waals surface area (Å²) in [6, 6.07) is 0. The van der Waals surface area contributed by atoms with E-state index in [1.54, 1.807) is 0 Å². The lowest BCUT2D eigenvalue weighted by molar-refractivity contribution is -0.112. The highest BCUT2D eigenvalue weighted by Gasteiger charge is 1.93. The van der Waals surface area contributed by atoms with Gasteiger partial charge in [0.05, 0.1) is 12.4 Å². The highest BCUT2D eigenvalue weighted by atomic mass is 79.9. The average molecular weight is 193 g/mol. The SMILES string of the molecule is COC(=CC(C)=O)CBr. The fraction of sp³-hybridized carbons (Fsp3) is 0.500. The van der Waals surface area contributed by atoms with Gasteiger partial charge in [-0.2, -0.15) is 0 Å². The predicted molar refractivity (Wildman–Crippen MR) is 39.6 cm³/mol. The highest BCUT2D eigenvalue weighted by Crippen LogP contribution is 1.99. The number of methoxy groups -OCH3 is 1. The summed E-state index contributed by atoms with van der Waals surface area (Å²) in [5.74, 6) is 0.661. The molecule has 0 aromatic carbocycles. The van der Waals surface area contributed by atoms with Crippen LogP contribution in [0.4, 0.5) is 0 Å². The topological polar surface area (TPSA) is 26.3 Å². The molecule has 3 heteroatoms. The van der Waals surface area contributed by atoms with E-state index in [9.17, 15) is 4.79 Å². The number of hydrogen-bond donors (Lipinski definition) is 0. The molecule has 52 valence electrons. The highest BCUT2D eigenvalue weighted by molar-refractivity contribution is 9.09. The fourth-order valence-corrected chi connectivity index (χ4v) is 0.770. The molecule has 0 aliphatic heterocycles. The molecule has 0 fully saturated rings. The standard InChI is InChI=1S/C6H9BrO2/c1-5(8)3-6(4-7)9-2/h3H,4H2,1-2H3. The number of alkyl halides is 1. The molecule has 0 unspecified atom stereocenters. The molecule has 0 aromatic rings. The lowest BCUT2D eigenvalue weighted by Gasteiger charge is -1.97. The maximum absolute atomic E-state index is 10.4. The molecule has 2 nitrogen and oxygen atoms in total. The number of ketones is 1. The van der Waals surface area contributed by atoms with Gasteiger partial charge in [-0.25, -0.2) is 0 Å². The Morgan fingerprint density at radius 3 is 2.44 bits per heavy atom. The molecule has 0 N–H and O–H groups in total. The molecule has 0 aliphatic rings. The lowest BCUT2D eigenvalue weighted by atomic mass is 10.4. The summed E-state index contributed by atoms with van der Waals surface area (Å²) >= 11 is 3.16. The van der Waals surface area contributed by atoms with Gasteiger partial charge in [0.25, 0.3) is 0 Å². The fourth-order valence-electron chi connectivity index (χ4n) is 0.379. The van der Waals surface area contributed by atoms with E-state index in [1.165, 1.54) is 20.1 Å². The number of ether oxygens (including phenoxy) is 1. The molecule has 0 radical (unpaired) electrons. The maximum atomic E-state index is 10.4. The van der Waals surface area contributed by atoms with Gasteiger partial charge in [0, 0.05) is 6.08 Å². The second-order valence-electron chi connectivity index (χ2n) is 1.56. The van der Waals surface area contributed by atoms with Crippen LogP contribution >= 0.6 is 15.9 Å². The van der Waals surface area contributed by atoms with E-state index in [4.69, 9.17) is 4.74 Å². The summed E-state index contributed by atoms with van der Waals surface area (Å²) in [7, 11) is 1.54. The molecule has 0 rings (SSSR count). The van der Waals surface area contributed by atoms with Gasteiger partial charge in [0.1, 0.15) is 5.76 Å². The smallest absolute Gasteiger partial charge is 0.155 e. The van der Waals surface area contributed by atoms with Crippen LogP contribution in [0.3, 0.4) is 0 Å². The largest absolute Gasteiger partial charge is 0.500 e. The predicted octanol–water partition coefficient (Wildman–Crippen LogP) is 1.50. The first-order valence-corrected chi connectivity index (χ1v) is 3.64. The Bertz CT molecular complexity index is 123. The minimum absolute atomic E-state index is 0.00583. The molecule has 0 spiro atoms. The summed E-state index contributed by atoms with van der Waals surface area (Å²) in [5, 5.41) is 0.586. The summed E-state index contributed by atoms with van der Waals surface area (Å²) < 4.78 is 4.80. The molecule has 0 saturated carbocycles. The van der Waals surface area contributed by atoms with Gasteiger partial charge < -0.3 is 4.74 Å². The maximum Gasteiger partial charge on any atom is 0.155 e. The van der Waals surface area contributed by atoms with Crippen molar-refractivity contribution >= 4 is 21.7 Å². The van der Waals surface area contributed by atoms with Crippen molar-refractivity contribution in [2.75, 3.05) is 12.4 Å². The van der Waals surface area contributed by atoms with Gasteiger partial charge in [-0.15, -0.1) is 0 Å². The molecule has 0 heterocycles. The number of carbonyl (C=O) groups excluding carboxylic acids is 1. The van der Waals surface area contributed by atoms with Gasteiger partial charge >= 0.3 is 0 Å². The number of allylic oxidation sites excluding steroid dienone is 2. The monoisotopic (exact) mass is 192 g/mol. The van der Waals surface area contributed by atoms with Crippen molar-refractivity contribution in [1.29, 1.82) is 0 Å². The van der Waals surface area contributed by atoms with E-state index in [2.05, 4.69) is 15.9 Å². The van der Waals surface area contributed by atoms with Crippen LogP contribution in [-0.2, 0) is 9.53 Å². The molecule has 0 aliphatic carbocycles. The van der Waals surface area contributed by atoms with Gasteiger partial charge in [-0.3, -0.25) is 4.79 Å². The Morgan fingerprint density at radius 2 is 2.33 bits per heavy atom. The van der Waals surface area contributed by atoms with E-state index in [1.807, 2.05) is 0 Å². The second kappa shape index (κ2) is 4.56.